The second kappa shape index (κ2) is 10.6. The van der Waals surface area contributed by atoms with Gasteiger partial charge in [-0.2, -0.15) is 0 Å². The molecule has 0 aromatic carbocycles. The standard InChI is InChI=1S/C16H33NO2/c1-4-14-9-11-15(12-10-14)17-13-7-8-16(18-5-2)19-6-3/h14-17H,4-13H2,1-3H3. The molecule has 0 heterocycles. The quantitative estimate of drug-likeness (QED) is 0.485. The van der Waals surface area contributed by atoms with Gasteiger partial charge >= 0.3 is 0 Å². The van der Waals surface area contributed by atoms with Crippen LogP contribution in [0.4, 0.5) is 0 Å². The minimum Gasteiger partial charge on any atom is -0.353 e. The average molecular weight is 271 g/mol. The van der Waals surface area contributed by atoms with Crippen molar-refractivity contribution in [1.29, 1.82) is 0 Å². The summed E-state index contributed by atoms with van der Waals surface area (Å²) in [5.74, 6) is 0.985. The van der Waals surface area contributed by atoms with Gasteiger partial charge in [-0.3, -0.25) is 0 Å². The fourth-order valence-corrected chi connectivity index (χ4v) is 2.94. The third kappa shape index (κ3) is 7.28. The average Bonchev–Trinajstić information content (AvgIpc) is 2.44. The molecule has 0 bridgehead atoms. The molecule has 1 N–H and O–H groups in total. The first-order valence-electron chi connectivity index (χ1n) is 8.26. The van der Waals surface area contributed by atoms with Crippen molar-refractivity contribution in [3.8, 4) is 0 Å². The summed E-state index contributed by atoms with van der Waals surface area (Å²) in [5.41, 5.74) is 0. The summed E-state index contributed by atoms with van der Waals surface area (Å²) in [7, 11) is 0. The fourth-order valence-electron chi connectivity index (χ4n) is 2.94. The van der Waals surface area contributed by atoms with Crippen LogP contribution in [0.2, 0.25) is 0 Å². The summed E-state index contributed by atoms with van der Waals surface area (Å²) in [5, 5.41) is 3.69. The molecular formula is C16H33NO2. The number of nitrogens with one attached hydrogen (secondary N) is 1. The number of ether oxygens (including phenoxy) is 2. The van der Waals surface area contributed by atoms with Gasteiger partial charge < -0.3 is 14.8 Å². The SMILES string of the molecule is CCOC(CCCNC1CCC(CC)CC1)OCC. The summed E-state index contributed by atoms with van der Waals surface area (Å²) in [4.78, 5) is 0. The second-order valence-electron chi connectivity index (χ2n) is 5.56. The summed E-state index contributed by atoms with van der Waals surface area (Å²) in [6, 6.07) is 0.750. The zero-order valence-corrected chi connectivity index (χ0v) is 13.1. The van der Waals surface area contributed by atoms with Crippen molar-refractivity contribution in [3.63, 3.8) is 0 Å². The maximum absolute atomic E-state index is 5.55. The van der Waals surface area contributed by atoms with Crippen LogP contribution >= 0.6 is 0 Å². The van der Waals surface area contributed by atoms with Crippen LogP contribution in [-0.2, 0) is 9.47 Å². The van der Waals surface area contributed by atoms with E-state index in [4.69, 9.17) is 9.47 Å². The van der Waals surface area contributed by atoms with Crippen LogP contribution < -0.4 is 5.32 Å². The van der Waals surface area contributed by atoms with Crippen LogP contribution in [0, 0.1) is 5.92 Å². The molecule has 0 saturated heterocycles. The van der Waals surface area contributed by atoms with E-state index in [0.717, 1.165) is 44.6 Å². The van der Waals surface area contributed by atoms with Gasteiger partial charge in [0.1, 0.15) is 0 Å². The normalized spacial score (nSPS) is 24.0. The van der Waals surface area contributed by atoms with Gasteiger partial charge in [0.2, 0.25) is 0 Å². The molecule has 0 unspecified atom stereocenters. The number of hydrogen-bond donors (Lipinski definition) is 1. The molecule has 0 spiro atoms. The highest BCUT2D eigenvalue weighted by molar-refractivity contribution is 4.76. The van der Waals surface area contributed by atoms with Crippen LogP contribution in [0.5, 0.6) is 0 Å². The topological polar surface area (TPSA) is 30.5 Å². The van der Waals surface area contributed by atoms with E-state index >= 15 is 0 Å². The third-order valence-electron chi connectivity index (χ3n) is 4.18. The molecule has 0 aliphatic heterocycles. The Kier molecular flexibility index (Phi) is 9.48. The molecule has 0 radical (unpaired) electrons. The molecule has 3 heteroatoms. The van der Waals surface area contributed by atoms with Crippen molar-refractivity contribution >= 4 is 0 Å². The lowest BCUT2D eigenvalue weighted by molar-refractivity contribution is -0.139. The van der Waals surface area contributed by atoms with Gasteiger partial charge in [-0.25, -0.2) is 0 Å². The van der Waals surface area contributed by atoms with Gasteiger partial charge in [0, 0.05) is 19.3 Å². The van der Waals surface area contributed by atoms with Gasteiger partial charge in [0.15, 0.2) is 6.29 Å². The molecule has 19 heavy (non-hydrogen) atoms. The van der Waals surface area contributed by atoms with Crippen molar-refractivity contribution in [2.75, 3.05) is 19.8 Å². The maximum Gasteiger partial charge on any atom is 0.157 e. The van der Waals surface area contributed by atoms with E-state index in [2.05, 4.69) is 12.2 Å². The Labute approximate surface area is 119 Å². The Balaban J connectivity index is 2.03. The predicted molar refractivity (Wildman–Crippen MR) is 80.3 cm³/mol. The van der Waals surface area contributed by atoms with Gasteiger partial charge in [0.05, 0.1) is 0 Å². The van der Waals surface area contributed by atoms with Gasteiger partial charge in [-0.15, -0.1) is 0 Å². The molecule has 1 fully saturated rings. The first kappa shape index (κ1) is 16.9. The zero-order chi connectivity index (χ0) is 13.9. The molecular weight excluding hydrogens is 238 g/mol. The van der Waals surface area contributed by atoms with E-state index in [1.165, 1.54) is 32.1 Å². The molecule has 1 aliphatic carbocycles. The van der Waals surface area contributed by atoms with E-state index in [1.54, 1.807) is 0 Å². The molecule has 3 nitrogen and oxygen atoms in total. The van der Waals surface area contributed by atoms with Crippen LogP contribution in [-0.4, -0.2) is 32.1 Å². The lowest BCUT2D eigenvalue weighted by Gasteiger charge is -2.28. The second-order valence-corrected chi connectivity index (χ2v) is 5.56. The van der Waals surface area contributed by atoms with Gasteiger partial charge in [-0.05, 0) is 64.8 Å². The highest BCUT2D eigenvalue weighted by atomic mass is 16.7. The fraction of sp³-hybridized carbons (Fsp3) is 1.00. The molecule has 1 saturated carbocycles. The molecule has 0 amide bonds. The van der Waals surface area contributed by atoms with Crippen molar-refractivity contribution in [3.05, 3.63) is 0 Å². The Morgan fingerprint density at radius 3 is 2.16 bits per heavy atom. The van der Waals surface area contributed by atoms with Crippen molar-refractivity contribution in [2.24, 2.45) is 5.92 Å². The minimum atomic E-state index is -0.00683. The maximum atomic E-state index is 5.55. The third-order valence-corrected chi connectivity index (χ3v) is 4.18. The van der Waals surface area contributed by atoms with Crippen LogP contribution in [0.25, 0.3) is 0 Å². The Morgan fingerprint density at radius 2 is 1.63 bits per heavy atom. The van der Waals surface area contributed by atoms with Crippen molar-refractivity contribution in [1.82, 2.24) is 5.32 Å². The Hall–Kier alpha value is -0.120. The number of rotatable bonds is 10. The molecule has 1 aliphatic rings. The van der Waals surface area contributed by atoms with Crippen molar-refractivity contribution < 1.29 is 9.47 Å². The van der Waals surface area contributed by atoms with Gasteiger partial charge in [-0.1, -0.05) is 13.3 Å². The van der Waals surface area contributed by atoms with E-state index in [1.807, 2.05) is 13.8 Å². The van der Waals surface area contributed by atoms with E-state index in [9.17, 15) is 0 Å². The molecule has 1 rings (SSSR count). The Morgan fingerprint density at radius 1 is 1.00 bits per heavy atom. The zero-order valence-electron chi connectivity index (χ0n) is 13.1. The largest absolute Gasteiger partial charge is 0.353 e. The monoisotopic (exact) mass is 271 g/mol. The predicted octanol–water partition coefficient (Wildman–Crippen LogP) is 3.72. The van der Waals surface area contributed by atoms with Crippen LogP contribution in [0.15, 0.2) is 0 Å². The minimum absolute atomic E-state index is 0.00683. The van der Waals surface area contributed by atoms with E-state index in [0.29, 0.717) is 0 Å². The van der Waals surface area contributed by atoms with E-state index < -0.39 is 0 Å². The van der Waals surface area contributed by atoms with Crippen molar-refractivity contribution in [2.45, 2.75) is 78.0 Å². The molecule has 0 atom stereocenters. The Bertz CT molecular complexity index is 197. The van der Waals surface area contributed by atoms with Crippen LogP contribution in [0.3, 0.4) is 0 Å². The molecule has 114 valence electrons. The molecule has 0 aromatic rings. The van der Waals surface area contributed by atoms with Crippen LogP contribution in [0.1, 0.15) is 65.7 Å². The summed E-state index contributed by atoms with van der Waals surface area (Å²) in [6.07, 6.45) is 9.03. The highest BCUT2D eigenvalue weighted by Crippen LogP contribution is 2.26. The van der Waals surface area contributed by atoms with Gasteiger partial charge in [0.25, 0.3) is 0 Å². The summed E-state index contributed by atoms with van der Waals surface area (Å²) in [6.45, 7) is 8.93. The lowest BCUT2D eigenvalue weighted by Crippen LogP contribution is -2.34. The first-order valence-corrected chi connectivity index (χ1v) is 8.26. The molecule has 0 aromatic heterocycles. The summed E-state index contributed by atoms with van der Waals surface area (Å²) >= 11 is 0. The first-order chi connectivity index (χ1) is 9.30. The highest BCUT2D eigenvalue weighted by Gasteiger charge is 2.19. The van der Waals surface area contributed by atoms with E-state index in [-0.39, 0.29) is 6.29 Å². The number of hydrogen-bond acceptors (Lipinski definition) is 3. The summed E-state index contributed by atoms with van der Waals surface area (Å²) < 4.78 is 11.1. The lowest BCUT2D eigenvalue weighted by atomic mass is 9.84. The smallest absolute Gasteiger partial charge is 0.157 e.